The molecule has 1 aliphatic rings. The van der Waals surface area contributed by atoms with Crippen LogP contribution in [0.3, 0.4) is 0 Å². The van der Waals surface area contributed by atoms with Crippen molar-refractivity contribution in [2.75, 3.05) is 17.4 Å². The summed E-state index contributed by atoms with van der Waals surface area (Å²) < 4.78 is 10.8. The molecular formula is C21H22N4O2. The van der Waals surface area contributed by atoms with E-state index in [1.54, 1.807) is 0 Å². The number of hydrogen-bond acceptors (Lipinski definition) is 6. The summed E-state index contributed by atoms with van der Waals surface area (Å²) in [5, 5.41) is 6.68. The molecule has 0 amide bonds. The van der Waals surface area contributed by atoms with E-state index >= 15 is 0 Å². The van der Waals surface area contributed by atoms with E-state index in [1.807, 2.05) is 54.6 Å². The molecule has 0 spiro atoms. The molecular weight excluding hydrogens is 340 g/mol. The van der Waals surface area contributed by atoms with Crippen molar-refractivity contribution in [1.82, 2.24) is 9.97 Å². The molecule has 138 valence electrons. The molecule has 0 fully saturated rings. The van der Waals surface area contributed by atoms with Gasteiger partial charge >= 0.3 is 0 Å². The summed E-state index contributed by atoms with van der Waals surface area (Å²) in [5.41, 5.74) is 3.01. The van der Waals surface area contributed by atoms with Gasteiger partial charge in [-0.05, 0) is 31.5 Å². The van der Waals surface area contributed by atoms with Crippen LogP contribution in [0.15, 0.2) is 54.6 Å². The van der Waals surface area contributed by atoms with E-state index in [4.69, 9.17) is 9.47 Å². The van der Waals surface area contributed by atoms with Gasteiger partial charge in [-0.15, -0.1) is 0 Å². The van der Waals surface area contributed by atoms with Gasteiger partial charge in [-0.2, -0.15) is 4.98 Å². The van der Waals surface area contributed by atoms with Gasteiger partial charge in [0.2, 0.25) is 12.7 Å². The lowest BCUT2D eigenvalue weighted by Gasteiger charge is -2.13. The molecule has 3 aromatic rings. The van der Waals surface area contributed by atoms with Crippen LogP contribution >= 0.6 is 0 Å². The molecule has 0 aliphatic carbocycles. The standard InChI is InChI=1S/C21H22N4O2/c1-14(2)23-20-11-17(16-6-4-3-5-7-16)24-21(25-20)22-12-15-8-9-18-19(10-15)27-13-26-18/h3-11,14H,12-13H2,1-2H3,(H2,22,23,24,25). The van der Waals surface area contributed by atoms with Crippen LogP contribution < -0.4 is 20.1 Å². The third kappa shape index (κ3) is 4.11. The first-order valence-corrected chi connectivity index (χ1v) is 9.01. The second-order valence-corrected chi connectivity index (χ2v) is 6.67. The molecule has 1 aromatic heterocycles. The quantitative estimate of drug-likeness (QED) is 0.681. The molecule has 0 saturated heterocycles. The summed E-state index contributed by atoms with van der Waals surface area (Å²) in [6, 6.07) is 18.3. The maximum absolute atomic E-state index is 5.44. The first kappa shape index (κ1) is 17.1. The normalized spacial score (nSPS) is 12.3. The Labute approximate surface area is 158 Å². The fourth-order valence-electron chi connectivity index (χ4n) is 2.88. The molecule has 1 aliphatic heterocycles. The van der Waals surface area contributed by atoms with Crippen molar-refractivity contribution in [3.05, 3.63) is 60.2 Å². The molecule has 27 heavy (non-hydrogen) atoms. The van der Waals surface area contributed by atoms with E-state index in [0.29, 0.717) is 12.5 Å². The van der Waals surface area contributed by atoms with Crippen molar-refractivity contribution in [3.63, 3.8) is 0 Å². The maximum atomic E-state index is 5.44. The smallest absolute Gasteiger partial charge is 0.231 e. The minimum atomic E-state index is 0.276. The molecule has 4 rings (SSSR count). The Bertz CT molecular complexity index is 929. The van der Waals surface area contributed by atoms with Crippen LogP contribution in [0.4, 0.5) is 11.8 Å². The number of rotatable bonds is 6. The zero-order chi connectivity index (χ0) is 18.6. The Morgan fingerprint density at radius 1 is 0.963 bits per heavy atom. The van der Waals surface area contributed by atoms with E-state index in [1.165, 1.54) is 0 Å². The van der Waals surface area contributed by atoms with Gasteiger partial charge in [-0.3, -0.25) is 0 Å². The predicted molar refractivity (Wildman–Crippen MR) is 106 cm³/mol. The molecule has 2 N–H and O–H groups in total. The van der Waals surface area contributed by atoms with Crippen molar-refractivity contribution in [3.8, 4) is 22.8 Å². The summed E-state index contributed by atoms with van der Waals surface area (Å²) in [7, 11) is 0. The molecule has 2 aromatic carbocycles. The summed E-state index contributed by atoms with van der Waals surface area (Å²) in [6.07, 6.45) is 0. The van der Waals surface area contributed by atoms with Crippen LogP contribution in [0.1, 0.15) is 19.4 Å². The highest BCUT2D eigenvalue weighted by atomic mass is 16.7. The third-order valence-electron chi connectivity index (χ3n) is 4.12. The number of hydrogen-bond donors (Lipinski definition) is 2. The molecule has 0 bridgehead atoms. The Balaban J connectivity index is 1.57. The van der Waals surface area contributed by atoms with E-state index in [9.17, 15) is 0 Å². The largest absolute Gasteiger partial charge is 0.454 e. The molecule has 6 heteroatoms. The van der Waals surface area contributed by atoms with Gasteiger partial charge in [-0.25, -0.2) is 4.98 Å². The van der Waals surface area contributed by atoms with Crippen LogP contribution in [-0.4, -0.2) is 22.8 Å². The van der Waals surface area contributed by atoms with Crippen LogP contribution in [0.5, 0.6) is 11.5 Å². The number of nitrogens with one attached hydrogen (secondary N) is 2. The Kier molecular flexibility index (Phi) is 4.78. The number of fused-ring (bicyclic) bond motifs is 1. The van der Waals surface area contributed by atoms with Crippen LogP contribution in [0, 0.1) is 0 Å². The van der Waals surface area contributed by atoms with Crippen molar-refractivity contribution < 1.29 is 9.47 Å². The van der Waals surface area contributed by atoms with Crippen LogP contribution in [0.2, 0.25) is 0 Å². The van der Waals surface area contributed by atoms with Gasteiger partial charge in [0.15, 0.2) is 11.5 Å². The molecule has 6 nitrogen and oxygen atoms in total. The molecule has 0 saturated carbocycles. The topological polar surface area (TPSA) is 68.3 Å². The lowest BCUT2D eigenvalue weighted by Crippen LogP contribution is -2.13. The second kappa shape index (κ2) is 7.53. The average molecular weight is 362 g/mol. The van der Waals surface area contributed by atoms with Gasteiger partial charge < -0.3 is 20.1 Å². The third-order valence-corrected chi connectivity index (χ3v) is 4.12. The van der Waals surface area contributed by atoms with E-state index < -0.39 is 0 Å². The molecule has 0 unspecified atom stereocenters. The van der Waals surface area contributed by atoms with E-state index in [2.05, 4.69) is 34.4 Å². The van der Waals surface area contributed by atoms with Crippen molar-refractivity contribution in [1.29, 1.82) is 0 Å². The van der Waals surface area contributed by atoms with Gasteiger partial charge in [0.25, 0.3) is 0 Å². The van der Waals surface area contributed by atoms with E-state index in [-0.39, 0.29) is 12.8 Å². The predicted octanol–water partition coefficient (Wildman–Crippen LogP) is 4.30. The highest BCUT2D eigenvalue weighted by molar-refractivity contribution is 5.64. The minimum absolute atomic E-state index is 0.276. The van der Waals surface area contributed by atoms with Crippen LogP contribution in [0.25, 0.3) is 11.3 Å². The average Bonchev–Trinajstić information content (AvgIpc) is 3.14. The lowest BCUT2D eigenvalue weighted by atomic mass is 10.1. The minimum Gasteiger partial charge on any atom is -0.454 e. The number of ether oxygens (including phenoxy) is 2. The highest BCUT2D eigenvalue weighted by Gasteiger charge is 2.13. The van der Waals surface area contributed by atoms with Gasteiger partial charge in [0.05, 0.1) is 5.69 Å². The molecule has 2 heterocycles. The number of benzene rings is 2. The summed E-state index contributed by atoms with van der Waals surface area (Å²) in [6.45, 7) is 5.04. The zero-order valence-corrected chi connectivity index (χ0v) is 15.4. The number of anilines is 2. The summed E-state index contributed by atoms with van der Waals surface area (Å²) in [4.78, 5) is 9.28. The number of nitrogens with zero attached hydrogens (tertiary/aromatic N) is 2. The second-order valence-electron chi connectivity index (χ2n) is 6.67. The SMILES string of the molecule is CC(C)Nc1cc(-c2ccccc2)nc(NCc2ccc3c(c2)OCO3)n1. The van der Waals surface area contributed by atoms with Gasteiger partial charge in [0, 0.05) is 24.2 Å². The Hall–Kier alpha value is -3.28. The van der Waals surface area contributed by atoms with Crippen molar-refractivity contribution >= 4 is 11.8 Å². The lowest BCUT2D eigenvalue weighted by molar-refractivity contribution is 0.174. The number of aromatic nitrogens is 2. The molecule has 0 radical (unpaired) electrons. The summed E-state index contributed by atoms with van der Waals surface area (Å²) >= 11 is 0. The Morgan fingerprint density at radius 3 is 2.59 bits per heavy atom. The Morgan fingerprint density at radius 2 is 1.78 bits per heavy atom. The van der Waals surface area contributed by atoms with Crippen LogP contribution in [-0.2, 0) is 6.54 Å². The zero-order valence-electron chi connectivity index (χ0n) is 15.4. The maximum Gasteiger partial charge on any atom is 0.231 e. The van der Waals surface area contributed by atoms with Gasteiger partial charge in [-0.1, -0.05) is 36.4 Å². The fourth-order valence-corrected chi connectivity index (χ4v) is 2.88. The first-order chi connectivity index (χ1) is 13.2. The van der Waals surface area contributed by atoms with Crippen molar-refractivity contribution in [2.45, 2.75) is 26.4 Å². The fraction of sp³-hybridized carbons (Fsp3) is 0.238. The first-order valence-electron chi connectivity index (χ1n) is 9.01. The van der Waals surface area contributed by atoms with E-state index in [0.717, 1.165) is 34.1 Å². The monoisotopic (exact) mass is 362 g/mol. The summed E-state index contributed by atoms with van der Waals surface area (Å²) in [5.74, 6) is 2.93. The van der Waals surface area contributed by atoms with Crippen molar-refractivity contribution in [2.24, 2.45) is 0 Å². The molecule has 0 atom stereocenters. The highest BCUT2D eigenvalue weighted by Crippen LogP contribution is 2.32. The van der Waals surface area contributed by atoms with Gasteiger partial charge in [0.1, 0.15) is 5.82 Å².